The Morgan fingerprint density at radius 3 is 2.62 bits per heavy atom. The average Bonchev–Trinajstić information content (AvgIpc) is 2.89. The molecule has 1 fully saturated rings. The van der Waals surface area contributed by atoms with Crippen molar-refractivity contribution < 1.29 is 22.7 Å². The molecule has 26 heavy (non-hydrogen) atoms. The van der Waals surface area contributed by atoms with Crippen molar-refractivity contribution in [3.05, 3.63) is 53.5 Å². The van der Waals surface area contributed by atoms with E-state index in [9.17, 15) is 18.0 Å². The third-order valence-electron chi connectivity index (χ3n) is 3.24. The number of esters is 1. The van der Waals surface area contributed by atoms with Gasteiger partial charge in [0, 0.05) is 12.6 Å². The summed E-state index contributed by atoms with van der Waals surface area (Å²) in [6.45, 7) is 5.50. The number of aryl methyl sites for hydroxylation is 1. The normalized spacial score (nSPS) is 17.6. The fourth-order valence-corrected chi connectivity index (χ4v) is 3.69. The van der Waals surface area contributed by atoms with E-state index in [1.807, 2.05) is 6.92 Å². The zero-order valence-corrected chi connectivity index (χ0v) is 15.8. The average molecular weight is 395 g/mol. The molecular formula is C16H17N3O5S2. The zero-order valence-electron chi connectivity index (χ0n) is 14.1. The molecular weight excluding hydrogens is 378 g/mol. The maximum absolute atomic E-state index is 12.3. The number of rotatable bonds is 6. The smallest absolute Gasteiger partial charge is 0.331 e. The van der Waals surface area contributed by atoms with Crippen molar-refractivity contribution >= 4 is 38.8 Å². The minimum Gasteiger partial charge on any atom is -0.466 e. The number of ether oxygens (including phenoxy) is 1. The molecule has 0 radical (unpaired) electrons. The zero-order chi connectivity index (χ0) is 19.3. The highest BCUT2D eigenvalue weighted by Crippen LogP contribution is 2.30. The van der Waals surface area contributed by atoms with E-state index in [4.69, 9.17) is 0 Å². The number of sulfonamides is 1. The molecule has 0 aromatic heterocycles. The van der Waals surface area contributed by atoms with Crippen LogP contribution in [0.3, 0.4) is 0 Å². The van der Waals surface area contributed by atoms with Crippen LogP contribution in [-0.2, 0) is 24.3 Å². The number of amidine groups is 1. The van der Waals surface area contributed by atoms with Crippen LogP contribution < -0.4 is 4.83 Å². The number of amides is 1. The van der Waals surface area contributed by atoms with Gasteiger partial charge in [0.25, 0.3) is 15.9 Å². The standard InChI is InChI=1S/C16H17N3O5S2/c1-4-9-19-15(21)13(10-14(20)24-3)25-16(19)17-18-26(22,23)12-7-5-11(2)6-8-12/h4-8,10,18H,1,9H2,2-3H3/b13-10-,17-16-. The van der Waals surface area contributed by atoms with E-state index in [0.717, 1.165) is 23.4 Å². The number of hydrazone groups is 1. The third kappa shape index (κ3) is 4.52. The van der Waals surface area contributed by atoms with Crippen LogP contribution in [0.1, 0.15) is 5.56 Å². The molecule has 0 spiro atoms. The number of nitrogens with one attached hydrogen (secondary N) is 1. The highest BCUT2D eigenvalue weighted by atomic mass is 32.2. The summed E-state index contributed by atoms with van der Waals surface area (Å²) in [4.78, 5) is 27.1. The van der Waals surface area contributed by atoms with Crippen molar-refractivity contribution in [1.29, 1.82) is 0 Å². The lowest BCUT2D eigenvalue weighted by atomic mass is 10.2. The number of hydrogen-bond acceptors (Lipinski definition) is 7. The first-order chi connectivity index (χ1) is 12.3. The van der Waals surface area contributed by atoms with E-state index in [2.05, 4.69) is 21.2 Å². The number of thioether (sulfide) groups is 1. The Kier molecular flexibility index (Phi) is 6.22. The van der Waals surface area contributed by atoms with E-state index in [1.165, 1.54) is 30.2 Å². The predicted molar refractivity (Wildman–Crippen MR) is 98.5 cm³/mol. The van der Waals surface area contributed by atoms with Gasteiger partial charge in [-0.25, -0.2) is 4.79 Å². The number of nitrogens with zero attached hydrogens (tertiary/aromatic N) is 2. The summed E-state index contributed by atoms with van der Waals surface area (Å²) >= 11 is 0.861. The van der Waals surface area contributed by atoms with Gasteiger partial charge in [0.2, 0.25) is 0 Å². The number of methoxy groups -OCH3 is 1. The van der Waals surface area contributed by atoms with Crippen LogP contribution in [0.5, 0.6) is 0 Å². The molecule has 0 saturated carbocycles. The van der Waals surface area contributed by atoms with Crippen LogP contribution in [0, 0.1) is 6.92 Å². The largest absolute Gasteiger partial charge is 0.466 e. The topological polar surface area (TPSA) is 105 Å². The Hall–Kier alpha value is -2.59. The minimum atomic E-state index is -3.89. The molecule has 1 aliphatic heterocycles. The van der Waals surface area contributed by atoms with E-state index in [0.29, 0.717) is 0 Å². The lowest BCUT2D eigenvalue weighted by Gasteiger charge is -2.12. The Morgan fingerprint density at radius 2 is 2.04 bits per heavy atom. The molecule has 138 valence electrons. The molecule has 0 unspecified atom stereocenters. The number of hydrogen-bond donors (Lipinski definition) is 1. The Balaban J connectivity index is 2.28. The van der Waals surface area contributed by atoms with Gasteiger partial charge in [-0.15, -0.1) is 11.7 Å². The van der Waals surface area contributed by atoms with Crippen molar-refractivity contribution in [2.45, 2.75) is 11.8 Å². The molecule has 1 aromatic carbocycles. The van der Waals surface area contributed by atoms with Gasteiger partial charge >= 0.3 is 5.97 Å². The lowest BCUT2D eigenvalue weighted by molar-refractivity contribution is -0.135. The van der Waals surface area contributed by atoms with Gasteiger partial charge in [0.15, 0.2) is 5.17 Å². The van der Waals surface area contributed by atoms with Crippen LogP contribution in [0.4, 0.5) is 0 Å². The molecule has 1 aromatic rings. The van der Waals surface area contributed by atoms with E-state index in [1.54, 1.807) is 12.1 Å². The van der Waals surface area contributed by atoms with Crippen LogP contribution in [0.2, 0.25) is 0 Å². The highest BCUT2D eigenvalue weighted by molar-refractivity contribution is 8.18. The number of carbonyl (C=O) groups excluding carboxylic acids is 2. The first kappa shape index (κ1) is 19.7. The van der Waals surface area contributed by atoms with Gasteiger partial charge in [-0.3, -0.25) is 9.69 Å². The van der Waals surface area contributed by atoms with Gasteiger partial charge in [0.05, 0.1) is 16.9 Å². The van der Waals surface area contributed by atoms with Crippen LogP contribution in [-0.4, -0.2) is 44.0 Å². The van der Waals surface area contributed by atoms with E-state index in [-0.39, 0.29) is 21.5 Å². The summed E-state index contributed by atoms with van der Waals surface area (Å²) in [6, 6.07) is 6.23. The molecule has 8 nitrogen and oxygen atoms in total. The molecule has 1 saturated heterocycles. The summed E-state index contributed by atoms with van der Waals surface area (Å²) in [5.74, 6) is -1.19. The van der Waals surface area contributed by atoms with Crippen molar-refractivity contribution in [3.8, 4) is 0 Å². The van der Waals surface area contributed by atoms with Crippen molar-refractivity contribution in [1.82, 2.24) is 9.73 Å². The highest BCUT2D eigenvalue weighted by Gasteiger charge is 2.34. The lowest BCUT2D eigenvalue weighted by Crippen LogP contribution is -2.31. The number of carbonyl (C=O) groups is 2. The fourth-order valence-electron chi connectivity index (χ4n) is 1.92. The van der Waals surface area contributed by atoms with Crippen LogP contribution >= 0.6 is 11.8 Å². The second-order valence-electron chi connectivity index (χ2n) is 5.14. The van der Waals surface area contributed by atoms with Crippen molar-refractivity contribution in [2.24, 2.45) is 5.10 Å². The summed E-state index contributed by atoms with van der Waals surface area (Å²) in [7, 11) is -2.70. The maximum Gasteiger partial charge on any atom is 0.331 e. The first-order valence-electron chi connectivity index (χ1n) is 7.35. The van der Waals surface area contributed by atoms with Crippen LogP contribution in [0.25, 0.3) is 0 Å². The summed E-state index contributed by atoms with van der Waals surface area (Å²) in [5, 5.41) is 3.92. The molecule has 1 amide bonds. The molecule has 1 N–H and O–H groups in total. The monoisotopic (exact) mass is 395 g/mol. The molecule has 0 atom stereocenters. The predicted octanol–water partition coefficient (Wildman–Crippen LogP) is 1.36. The van der Waals surface area contributed by atoms with Crippen LogP contribution in [0.15, 0.2) is 57.9 Å². The summed E-state index contributed by atoms with van der Waals surface area (Å²) in [6.07, 6.45) is 2.49. The van der Waals surface area contributed by atoms with Gasteiger partial charge in [-0.05, 0) is 30.8 Å². The molecule has 10 heteroatoms. The number of benzene rings is 1. The molecule has 1 heterocycles. The maximum atomic E-state index is 12.3. The van der Waals surface area contributed by atoms with Gasteiger partial charge in [-0.1, -0.05) is 23.8 Å². The second kappa shape index (κ2) is 8.19. The van der Waals surface area contributed by atoms with Gasteiger partial charge in [0.1, 0.15) is 0 Å². The minimum absolute atomic E-state index is 0.0439. The van der Waals surface area contributed by atoms with Crippen molar-refractivity contribution in [3.63, 3.8) is 0 Å². The molecule has 2 rings (SSSR count). The first-order valence-corrected chi connectivity index (χ1v) is 9.65. The van der Waals surface area contributed by atoms with Crippen molar-refractivity contribution in [2.75, 3.05) is 13.7 Å². The molecule has 1 aliphatic rings. The van der Waals surface area contributed by atoms with Gasteiger partial charge in [-0.2, -0.15) is 13.2 Å². The Morgan fingerprint density at radius 1 is 1.38 bits per heavy atom. The van der Waals surface area contributed by atoms with E-state index >= 15 is 0 Å². The summed E-state index contributed by atoms with van der Waals surface area (Å²) < 4.78 is 29.1. The summed E-state index contributed by atoms with van der Waals surface area (Å²) in [5.41, 5.74) is 0.918. The molecule has 0 aliphatic carbocycles. The fraction of sp³-hybridized carbons (Fsp3) is 0.188. The van der Waals surface area contributed by atoms with Gasteiger partial charge < -0.3 is 4.74 Å². The Labute approximate surface area is 155 Å². The quantitative estimate of drug-likeness (QED) is 0.337. The Bertz CT molecular complexity index is 889. The molecule has 0 bridgehead atoms. The third-order valence-corrected chi connectivity index (χ3v) is 5.47. The van der Waals surface area contributed by atoms with E-state index < -0.39 is 21.9 Å². The SMILES string of the molecule is C=CCN1C(=O)/C(=C/C(=O)OC)S/C1=N\NS(=O)(=O)c1ccc(C)cc1. The second-order valence-corrected chi connectivity index (χ2v) is 7.81.